The van der Waals surface area contributed by atoms with Crippen molar-refractivity contribution in [3.05, 3.63) is 64.7 Å². The van der Waals surface area contributed by atoms with E-state index in [0.29, 0.717) is 19.1 Å². The van der Waals surface area contributed by atoms with Gasteiger partial charge in [0.2, 0.25) is 0 Å². The zero-order valence-corrected chi connectivity index (χ0v) is 19.0. The molecule has 2 aliphatic rings. The number of nitrogens with two attached hydrogens (primary N) is 1. The van der Waals surface area contributed by atoms with Gasteiger partial charge in [0, 0.05) is 32.7 Å². The Morgan fingerprint density at radius 1 is 1.21 bits per heavy atom. The van der Waals surface area contributed by atoms with E-state index in [1.807, 2.05) is 48.3 Å². The first kappa shape index (κ1) is 23.1. The topological polar surface area (TPSA) is 60.1 Å². The van der Waals surface area contributed by atoms with E-state index in [2.05, 4.69) is 11.8 Å². The van der Waals surface area contributed by atoms with Crippen molar-refractivity contribution in [2.45, 2.75) is 43.8 Å². The lowest BCUT2D eigenvalue weighted by Gasteiger charge is -2.29. The number of methoxy groups -OCH3 is 1. The molecule has 5 nitrogen and oxygen atoms in total. The highest BCUT2D eigenvalue weighted by atomic mass is 19.3. The molecule has 0 spiro atoms. The maximum Gasteiger partial charge on any atom is 0.387 e. The second-order valence-corrected chi connectivity index (χ2v) is 8.57. The van der Waals surface area contributed by atoms with Crippen LogP contribution in [0, 0.1) is 11.8 Å². The normalized spacial score (nSPS) is 19.9. The third-order valence-corrected chi connectivity index (χ3v) is 6.11. The summed E-state index contributed by atoms with van der Waals surface area (Å²) in [4.78, 5) is 6.79. The lowest BCUT2D eigenvalue weighted by atomic mass is 9.82. The number of hydrogen-bond donors (Lipinski definition) is 1. The molecule has 1 aliphatic heterocycles. The number of likely N-dealkylation sites (N-methyl/N-ethyl adjacent to an activating group) is 1. The zero-order valence-electron chi connectivity index (χ0n) is 19.0. The fourth-order valence-corrected chi connectivity index (χ4v) is 4.26. The van der Waals surface area contributed by atoms with Crippen molar-refractivity contribution in [1.82, 2.24) is 4.90 Å². The maximum absolute atomic E-state index is 13.0. The van der Waals surface area contributed by atoms with Crippen molar-refractivity contribution in [3.63, 3.8) is 0 Å². The van der Waals surface area contributed by atoms with Gasteiger partial charge in [0.25, 0.3) is 0 Å². The number of unbranched alkanes of at least 4 members (excludes halogenated alkanes) is 1. The Bertz CT molecular complexity index is 1090. The largest absolute Gasteiger partial charge is 0.435 e. The Balaban J connectivity index is 1.73. The minimum atomic E-state index is -2.85. The average molecular weight is 454 g/mol. The van der Waals surface area contributed by atoms with Crippen LogP contribution >= 0.6 is 0 Å². The first-order valence-corrected chi connectivity index (χ1v) is 11.2. The van der Waals surface area contributed by atoms with Crippen molar-refractivity contribution in [1.29, 1.82) is 0 Å². The van der Waals surface area contributed by atoms with Crippen molar-refractivity contribution < 1.29 is 18.3 Å². The molecular formula is C26H29F2N3O2. The fourth-order valence-electron chi connectivity index (χ4n) is 4.26. The second kappa shape index (κ2) is 9.80. The van der Waals surface area contributed by atoms with Crippen LogP contribution in [0.5, 0.6) is 5.75 Å². The van der Waals surface area contributed by atoms with Gasteiger partial charge in [-0.3, -0.25) is 0 Å². The molecule has 2 N–H and O–H groups in total. The average Bonchev–Trinajstić information content (AvgIpc) is 3.59. The molecule has 0 radical (unpaired) electrons. The number of alkyl halides is 2. The number of guanidine groups is 1. The molecule has 1 heterocycles. The van der Waals surface area contributed by atoms with Crippen LogP contribution in [0.4, 0.5) is 8.78 Å². The Morgan fingerprint density at radius 2 is 2.00 bits per heavy atom. The van der Waals surface area contributed by atoms with E-state index >= 15 is 0 Å². The monoisotopic (exact) mass is 453 g/mol. The molecule has 1 fully saturated rings. The molecule has 1 aliphatic carbocycles. The van der Waals surface area contributed by atoms with Crippen molar-refractivity contribution >= 4 is 5.96 Å². The van der Waals surface area contributed by atoms with Crippen LogP contribution in [-0.4, -0.2) is 44.8 Å². The summed E-state index contributed by atoms with van der Waals surface area (Å²) in [5, 5.41) is 0. The van der Waals surface area contributed by atoms with Crippen molar-refractivity contribution in [2.75, 3.05) is 27.3 Å². The van der Waals surface area contributed by atoms with Gasteiger partial charge in [0.15, 0.2) is 5.96 Å². The van der Waals surface area contributed by atoms with Crippen LogP contribution in [-0.2, 0) is 10.3 Å². The number of halogens is 2. The summed E-state index contributed by atoms with van der Waals surface area (Å²) >= 11 is 0. The summed E-state index contributed by atoms with van der Waals surface area (Å²) in [6.45, 7) is -1.62. The summed E-state index contributed by atoms with van der Waals surface area (Å²) in [6.07, 6.45) is 3.58. The van der Waals surface area contributed by atoms with Gasteiger partial charge in [0.05, 0.1) is 6.54 Å². The lowest BCUT2D eigenvalue weighted by molar-refractivity contribution is -0.0504. The SMILES string of the molecule is COCCCC#Cc1cccc(C2(c3ccc(OC(F)F)c(C4CC4)c3)CN(C)C(N)=N2)c1. The van der Waals surface area contributed by atoms with E-state index in [4.69, 9.17) is 20.2 Å². The van der Waals surface area contributed by atoms with E-state index in [-0.39, 0.29) is 11.7 Å². The van der Waals surface area contributed by atoms with Crippen LogP contribution in [0.1, 0.15) is 53.9 Å². The zero-order chi connectivity index (χ0) is 23.4. The Morgan fingerprint density at radius 3 is 2.67 bits per heavy atom. The van der Waals surface area contributed by atoms with Gasteiger partial charge in [-0.1, -0.05) is 30.0 Å². The minimum Gasteiger partial charge on any atom is -0.435 e. The van der Waals surface area contributed by atoms with Gasteiger partial charge in [-0.25, -0.2) is 4.99 Å². The third-order valence-electron chi connectivity index (χ3n) is 6.11. The quantitative estimate of drug-likeness (QED) is 0.474. The summed E-state index contributed by atoms with van der Waals surface area (Å²) in [5.41, 5.74) is 9.03. The summed E-state index contributed by atoms with van der Waals surface area (Å²) < 4.78 is 35.8. The lowest BCUT2D eigenvalue weighted by Crippen LogP contribution is -2.35. The van der Waals surface area contributed by atoms with E-state index in [1.54, 1.807) is 13.2 Å². The van der Waals surface area contributed by atoms with Crippen LogP contribution in [0.3, 0.4) is 0 Å². The van der Waals surface area contributed by atoms with Gasteiger partial charge in [-0.05, 0) is 66.1 Å². The third kappa shape index (κ3) is 5.12. The molecule has 2 aromatic carbocycles. The smallest absolute Gasteiger partial charge is 0.387 e. The summed E-state index contributed by atoms with van der Waals surface area (Å²) in [7, 11) is 3.58. The highest BCUT2D eigenvalue weighted by Gasteiger charge is 2.42. The number of benzene rings is 2. The molecule has 0 bridgehead atoms. The fraction of sp³-hybridized carbons (Fsp3) is 0.423. The van der Waals surface area contributed by atoms with Gasteiger partial charge in [-0.15, -0.1) is 0 Å². The van der Waals surface area contributed by atoms with E-state index < -0.39 is 12.2 Å². The molecule has 174 valence electrons. The number of ether oxygens (including phenoxy) is 2. The van der Waals surface area contributed by atoms with Crippen LogP contribution in [0.2, 0.25) is 0 Å². The van der Waals surface area contributed by atoms with E-state index in [9.17, 15) is 8.78 Å². The molecule has 2 aromatic rings. The number of hydrogen-bond acceptors (Lipinski definition) is 5. The molecular weight excluding hydrogens is 424 g/mol. The van der Waals surface area contributed by atoms with Crippen LogP contribution in [0.25, 0.3) is 0 Å². The standard InChI is InChI=1S/C26H29F2N3O2/c1-31-17-26(30-25(31)29,20-9-6-8-18(15-20)7-4-3-5-14-32-2)21-12-13-23(33-24(27)28)22(16-21)19-10-11-19/h6,8-9,12-13,15-16,19,24H,3,5,10-11,14,17H2,1-2H3,(H2,29,30). The Kier molecular flexibility index (Phi) is 6.85. The highest BCUT2D eigenvalue weighted by Crippen LogP contribution is 2.47. The van der Waals surface area contributed by atoms with Gasteiger partial charge < -0.3 is 20.1 Å². The molecule has 1 unspecified atom stereocenters. The van der Waals surface area contributed by atoms with Crippen molar-refractivity contribution in [2.24, 2.45) is 10.7 Å². The second-order valence-electron chi connectivity index (χ2n) is 8.57. The van der Waals surface area contributed by atoms with Gasteiger partial charge >= 0.3 is 6.61 Å². The van der Waals surface area contributed by atoms with E-state index in [0.717, 1.165) is 47.9 Å². The molecule has 1 saturated carbocycles. The van der Waals surface area contributed by atoms with Crippen molar-refractivity contribution in [3.8, 4) is 17.6 Å². The summed E-state index contributed by atoms with van der Waals surface area (Å²) in [5.74, 6) is 7.33. The first-order chi connectivity index (χ1) is 15.9. The molecule has 0 aromatic heterocycles. The Hall–Kier alpha value is -3.11. The molecule has 4 rings (SSSR count). The van der Waals surface area contributed by atoms with Gasteiger partial charge in [0.1, 0.15) is 11.3 Å². The maximum atomic E-state index is 13.0. The summed E-state index contributed by atoms with van der Waals surface area (Å²) in [6, 6.07) is 13.4. The minimum absolute atomic E-state index is 0.237. The molecule has 0 saturated heterocycles. The number of nitrogens with zero attached hydrogens (tertiary/aromatic N) is 2. The Labute approximate surface area is 193 Å². The predicted molar refractivity (Wildman–Crippen MR) is 125 cm³/mol. The van der Waals surface area contributed by atoms with Crippen LogP contribution in [0.15, 0.2) is 47.5 Å². The van der Waals surface area contributed by atoms with Gasteiger partial charge in [-0.2, -0.15) is 8.78 Å². The van der Waals surface area contributed by atoms with Crippen LogP contribution < -0.4 is 10.5 Å². The highest BCUT2D eigenvalue weighted by molar-refractivity contribution is 5.81. The molecule has 33 heavy (non-hydrogen) atoms. The number of aliphatic imine (C=N–C) groups is 1. The van der Waals surface area contributed by atoms with E-state index in [1.165, 1.54) is 0 Å². The molecule has 1 atom stereocenters. The molecule has 0 amide bonds. The predicted octanol–water partition coefficient (Wildman–Crippen LogP) is 4.45. The molecule has 7 heteroatoms. The number of rotatable bonds is 8. The first-order valence-electron chi connectivity index (χ1n) is 11.2.